The van der Waals surface area contributed by atoms with Gasteiger partial charge in [-0.1, -0.05) is 0 Å². The van der Waals surface area contributed by atoms with E-state index in [9.17, 15) is 8.78 Å². The molecule has 0 bridgehead atoms. The number of rotatable bonds is 5. The Kier molecular flexibility index (Phi) is 4.05. The van der Waals surface area contributed by atoms with E-state index >= 15 is 0 Å². The third-order valence-corrected chi connectivity index (χ3v) is 3.01. The number of anilines is 1. The summed E-state index contributed by atoms with van der Waals surface area (Å²) in [6.45, 7) is -2.77. The fraction of sp³-hybridized carbons (Fsp3) is 0.214. The maximum atomic E-state index is 12.5. The van der Waals surface area contributed by atoms with Crippen LogP contribution in [0, 0.1) is 11.3 Å². The number of aromatic nitrogens is 2. The molecule has 1 aromatic carbocycles. The van der Waals surface area contributed by atoms with Gasteiger partial charge in [0.15, 0.2) is 17.2 Å². The number of benzene rings is 1. The summed E-state index contributed by atoms with van der Waals surface area (Å²) < 4.78 is 39.9. The van der Waals surface area contributed by atoms with Crippen LogP contribution in [0.4, 0.5) is 14.6 Å². The summed E-state index contributed by atoms with van der Waals surface area (Å²) in [5.74, 6) is 1.18. The van der Waals surface area contributed by atoms with E-state index in [2.05, 4.69) is 20.3 Å². The molecule has 0 unspecified atom stereocenters. The van der Waals surface area contributed by atoms with Crippen LogP contribution in [0.2, 0.25) is 0 Å². The first-order valence-electron chi connectivity index (χ1n) is 6.51. The van der Waals surface area contributed by atoms with E-state index in [0.29, 0.717) is 22.9 Å². The van der Waals surface area contributed by atoms with Crippen molar-refractivity contribution in [2.45, 2.75) is 13.2 Å². The van der Waals surface area contributed by atoms with Crippen molar-refractivity contribution < 1.29 is 23.0 Å². The summed E-state index contributed by atoms with van der Waals surface area (Å²) in [6, 6.07) is 7.82. The van der Waals surface area contributed by atoms with Gasteiger partial charge in [0.25, 0.3) is 0 Å². The lowest BCUT2D eigenvalue weighted by Crippen LogP contribution is -2.08. The van der Waals surface area contributed by atoms with Crippen LogP contribution in [0.25, 0.3) is 0 Å². The van der Waals surface area contributed by atoms with Crippen molar-refractivity contribution >= 4 is 5.82 Å². The van der Waals surface area contributed by atoms with Gasteiger partial charge in [0.05, 0.1) is 0 Å². The van der Waals surface area contributed by atoms with Gasteiger partial charge in [0.1, 0.15) is 17.6 Å². The lowest BCUT2D eigenvalue weighted by Gasteiger charge is -2.12. The summed E-state index contributed by atoms with van der Waals surface area (Å²) in [5, 5.41) is 19.0. The van der Waals surface area contributed by atoms with Gasteiger partial charge in [-0.05, 0) is 18.2 Å². The van der Waals surface area contributed by atoms with Crippen molar-refractivity contribution in [3.63, 3.8) is 0 Å². The van der Waals surface area contributed by atoms with E-state index in [1.165, 1.54) is 12.1 Å². The molecule has 1 N–H and O–H groups in total. The predicted molar refractivity (Wildman–Crippen MR) is 73.3 cm³/mol. The molecule has 0 spiro atoms. The highest BCUT2D eigenvalue weighted by atomic mass is 19.3. The van der Waals surface area contributed by atoms with E-state index < -0.39 is 6.61 Å². The van der Waals surface area contributed by atoms with Crippen LogP contribution in [0.5, 0.6) is 17.2 Å². The van der Waals surface area contributed by atoms with Gasteiger partial charge in [-0.25, -0.2) is 0 Å². The summed E-state index contributed by atoms with van der Waals surface area (Å²) in [4.78, 5) is 0. The number of halogens is 2. The topological polar surface area (TPSA) is 89.3 Å². The van der Waals surface area contributed by atoms with Crippen molar-refractivity contribution in [1.82, 2.24) is 10.2 Å². The molecule has 1 aliphatic heterocycles. The number of hydrogen-bond acceptors (Lipinski definition) is 7. The van der Waals surface area contributed by atoms with E-state index in [1.54, 1.807) is 12.1 Å². The van der Waals surface area contributed by atoms with Gasteiger partial charge in [-0.15, -0.1) is 10.2 Å². The first kappa shape index (κ1) is 14.8. The van der Waals surface area contributed by atoms with Crippen molar-refractivity contribution in [2.24, 2.45) is 0 Å². The number of nitrogens with zero attached hydrogens (tertiary/aromatic N) is 3. The Labute approximate surface area is 129 Å². The van der Waals surface area contributed by atoms with E-state index in [0.717, 1.165) is 0 Å². The molecule has 2 heterocycles. The molecule has 9 heteroatoms. The van der Waals surface area contributed by atoms with Crippen molar-refractivity contribution in [3.05, 3.63) is 35.5 Å². The molecule has 0 saturated carbocycles. The molecule has 0 fully saturated rings. The lowest BCUT2D eigenvalue weighted by atomic mass is 10.1. The molecule has 0 atom stereocenters. The molecule has 0 saturated heterocycles. The number of ether oxygens (including phenoxy) is 3. The summed E-state index contributed by atoms with van der Waals surface area (Å²) in [7, 11) is 0. The monoisotopic (exact) mass is 320 g/mol. The zero-order valence-electron chi connectivity index (χ0n) is 11.6. The Bertz CT molecular complexity index is 747. The second-order valence-electron chi connectivity index (χ2n) is 4.46. The molecular weight excluding hydrogens is 310 g/mol. The average molecular weight is 320 g/mol. The second kappa shape index (κ2) is 6.31. The minimum Gasteiger partial charge on any atom is -0.454 e. The minimum absolute atomic E-state index is 0.0154. The third-order valence-electron chi connectivity index (χ3n) is 3.01. The first-order valence-corrected chi connectivity index (χ1v) is 6.51. The van der Waals surface area contributed by atoms with Gasteiger partial charge in [-0.3, -0.25) is 0 Å². The van der Waals surface area contributed by atoms with Gasteiger partial charge in [0.2, 0.25) is 6.79 Å². The van der Waals surface area contributed by atoms with Crippen LogP contribution in [-0.2, 0) is 6.54 Å². The molecule has 1 aromatic heterocycles. The zero-order valence-corrected chi connectivity index (χ0v) is 11.6. The molecular formula is C14H10F2N4O3. The number of nitriles is 1. The van der Waals surface area contributed by atoms with Crippen LogP contribution in [0.3, 0.4) is 0 Å². The Morgan fingerprint density at radius 2 is 2.04 bits per heavy atom. The normalized spacial score (nSPS) is 12.1. The SMILES string of the molecule is N#Cc1ccc(NCc2cc3c(cc2OC(F)F)OCO3)nn1. The highest BCUT2D eigenvalue weighted by molar-refractivity contribution is 5.53. The highest BCUT2D eigenvalue weighted by Gasteiger charge is 2.20. The molecule has 7 nitrogen and oxygen atoms in total. The lowest BCUT2D eigenvalue weighted by molar-refractivity contribution is -0.0504. The van der Waals surface area contributed by atoms with Gasteiger partial charge in [0, 0.05) is 18.2 Å². The largest absolute Gasteiger partial charge is 0.454 e. The molecule has 2 aromatic rings. The van der Waals surface area contributed by atoms with Gasteiger partial charge < -0.3 is 19.5 Å². The minimum atomic E-state index is -2.95. The highest BCUT2D eigenvalue weighted by Crippen LogP contribution is 2.38. The molecule has 0 amide bonds. The Morgan fingerprint density at radius 1 is 1.26 bits per heavy atom. The van der Waals surface area contributed by atoms with E-state index in [1.807, 2.05) is 6.07 Å². The Morgan fingerprint density at radius 3 is 2.70 bits per heavy atom. The van der Waals surface area contributed by atoms with Crippen molar-refractivity contribution in [2.75, 3.05) is 12.1 Å². The van der Waals surface area contributed by atoms with Crippen LogP contribution in [0.1, 0.15) is 11.3 Å². The molecule has 118 valence electrons. The maximum Gasteiger partial charge on any atom is 0.387 e. The molecule has 3 rings (SSSR count). The van der Waals surface area contributed by atoms with Crippen molar-refractivity contribution in [3.8, 4) is 23.3 Å². The number of fused-ring (bicyclic) bond motifs is 1. The van der Waals surface area contributed by atoms with Crippen molar-refractivity contribution in [1.29, 1.82) is 5.26 Å². The number of hydrogen-bond donors (Lipinski definition) is 1. The first-order chi connectivity index (χ1) is 11.2. The fourth-order valence-corrected chi connectivity index (χ4v) is 1.98. The smallest absolute Gasteiger partial charge is 0.387 e. The van der Waals surface area contributed by atoms with Crippen LogP contribution < -0.4 is 19.5 Å². The standard InChI is InChI=1S/C14H10F2N4O3/c15-14(16)23-10-4-12-11(21-7-22-12)3-8(10)6-18-13-2-1-9(5-17)19-20-13/h1-4,14H,6-7H2,(H,18,20). The quantitative estimate of drug-likeness (QED) is 0.904. The van der Waals surface area contributed by atoms with E-state index in [-0.39, 0.29) is 24.8 Å². The molecule has 23 heavy (non-hydrogen) atoms. The van der Waals surface area contributed by atoms with E-state index in [4.69, 9.17) is 14.7 Å². The zero-order chi connectivity index (χ0) is 16.2. The fourth-order valence-electron chi connectivity index (χ4n) is 1.98. The average Bonchev–Trinajstić information content (AvgIpc) is 2.99. The number of alkyl halides is 2. The summed E-state index contributed by atoms with van der Waals surface area (Å²) >= 11 is 0. The third kappa shape index (κ3) is 3.37. The van der Waals surface area contributed by atoms with Gasteiger partial charge in [-0.2, -0.15) is 14.0 Å². The summed E-state index contributed by atoms with van der Waals surface area (Å²) in [6.07, 6.45) is 0. The predicted octanol–water partition coefficient (Wildman–Crippen LogP) is 2.29. The second-order valence-corrected chi connectivity index (χ2v) is 4.46. The molecule has 0 radical (unpaired) electrons. The Hall–Kier alpha value is -3.15. The maximum absolute atomic E-state index is 12.5. The van der Waals surface area contributed by atoms with Crippen LogP contribution in [-0.4, -0.2) is 23.6 Å². The number of nitrogens with one attached hydrogen (secondary N) is 1. The molecule has 1 aliphatic rings. The van der Waals surface area contributed by atoms with Gasteiger partial charge >= 0.3 is 6.61 Å². The van der Waals surface area contributed by atoms with Crippen LogP contribution >= 0.6 is 0 Å². The van der Waals surface area contributed by atoms with Crippen LogP contribution in [0.15, 0.2) is 24.3 Å². The summed E-state index contributed by atoms with van der Waals surface area (Å²) in [5.41, 5.74) is 0.626. The Balaban J connectivity index is 1.79. The molecule has 0 aliphatic carbocycles.